The molecule has 2 heterocycles. The standard InChI is InChI=1S/C19H22N2O4S/c1-11(2)14-8-15-13(9-25-16(15)6-12(14)3)7-17(22)20-4-5-21-18(23)10-26-19(21)24/h6,8-9,11H,4-5,7,10H2,1-3H3,(H,20,22). The molecule has 6 nitrogen and oxygen atoms in total. The van der Waals surface area contributed by atoms with Gasteiger partial charge in [0.25, 0.3) is 5.24 Å². The predicted molar refractivity (Wildman–Crippen MR) is 101 cm³/mol. The Hall–Kier alpha value is -2.28. The lowest BCUT2D eigenvalue weighted by molar-refractivity contribution is -0.125. The van der Waals surface area contributed by atoms with Crippen molar-refractivity contribution in [3.05, 3.63) is 35.1 Å². The van der Waals surface area contributed by atoms with Crippen molar-refractivity contribution < 1.29 is 18.8 Å². The SMILES string of the molecule is Cc1cc2occ(CC(=O)NCCN3C(=O)CSC3=O)c2cc1C(C)C. The second-order valence-corrected chi connectivity index (χ2v) is 7.67. The normalized spacial score (nSPS) is 14.7. The van der Waals surface area contributed by atoms with Gasteiger partial charge in [0, 0.05) is 24.0 Å². The molecule has 0 aliphatic carbocycles. The van der Waals surface area contributed by atoms with Gasteiger partial charge in [0.15, 0.2) is 0 Å². The largest absolute Gasteiger partial charge is 0.464 e. The van der Waals surface area contributed by atoms with E-state index >= 15 is 0 Å². The molecule has 0 bridgehead atoms. The molecule has 1 aliphatic heterocycles. The minimum absolute atomic E-state index is 0.161. The van der Waals surface area contributed by atoms with Crippen LogP contribution < -0.4 is 5.32 Å². The summed E-state index contributed by atoms with van der Waals surface area (Å²) < 4.78 is 5.60. The van der Waals surface area contributed by atoms with E-state index in [1.54, 1.807) is 6.26 Å². The van der Waals surface area contributed by atoms with Crippen LogP contribution in [0.1, 0.15) is 36.5 Å². The fourth-order valence-corrected chi connectivity index (χ4v) is 3.90. The summed E-state index contributed by atoms with van der Waals surface area (Å²) in [6.07, 6.45) is 1.82. The van der Waals surface area contributed by atoms with E-state index in [4.69, 9.17) is 4.42 Å². The van der Waals surface area contributed by atoms with Crippen LogP contribution in [0, 0.1) is 6.92 Å². The van der Waals surface area contributed by atoms with E-state index in [1.807, 2.05) is 6.07 Å². The number of amides is 3. The van der Waals surface area contributed by atoms with Crippen molar-refractivity contribution in [1.29, 1.82) is 0 Å². The average Bonchev–Trinajstić information content (AvgIpc) is 3.11. The second kappa shape index (κ2) is 7.53. The maximum atomic E-state index is 12.2. The first-order valence-electron chi connectivity index (χ1n) is 8.61. The van der Waals surface area contributed by atoms with E-state index in [9.17, 15) is 14.4 Å². The van der Waals surface area contributed by atoms with Crippen LogP contribution in [0.2, 0.25) is 0 Å². The highest BCUT2D eigenvalue weighted by Crippen LogP contribution is 2.29. The molecule has 1 saturated heterocycles. The van der Waals surface area contributed by atoms with Crippen molar-refractivity contribution in [2.75, 3.05) is 18.8 Å². The van der Waals surface area contributed by atoms with Crippen LogP contribution in [0.25, 0.3) is 11.0 Å². The number of imide groups is 1. The number of rotatable bonds is 6. The average molecular weight is 374 g/mol. The molecule has 0 atom stereocenters. The van der Waals surface area contributed by atoms with Gasteiger partial charge in [-0.05, 0) is 36.1 Å². The van der Waals surface area contributed by atoms with Gasteiger partial charge in [0.05, 0.1) is 18.4 Å². The highest BCUT2D eigenvalue weighted by Gasteiger charge is 2.29. The van der Waals surface area contributed by atoms with Gasteiger partial charge in [-0.1, -0.05) is 25.6 Å². The maximum Gasteiger partial charge on any atom is 0.288 e. The Balaban J connectivity index is 1.63. The molecule has 3 rings (SSSR count). The topological polar surface area (TPSA) is 79.6 Å². The van der Waals surface area contributed by atoms with E-state index in [0.717, 1.165) is 28.3 Å². The smallest absolute Gasteiger partial charge is 0.288 e. The van der Waals surface area contributed by atoms with Crippen molar-refractivity contribution in [1.82, 2.24) is 10.2 Å². The summed E-state index contributed by atoms with van der Waals surface area (Å²) in [7, 11) is 0. The van der Waals surface area contributed by atoms with Crippen LogP contribution >= 0.6 is 11.8 Å². The van der Waals surface area contributed by atoms with Crippen molar-refractivity contribution in [2.45, 2.75) is 33.1 Å². The fourth-order valence-electron chi connectivity index (χ4n) is 3.14. The minimum Gasteiger partial charge on any atom is -0.464 e. The zero-order valence-electron chi connectivity index (χ0n) is 15.1. The number of carbonyl (C=O) groups is 3. The molecule has 0 saturated carbocycles. The third-order valence-electron chi connectivity index (χ3n) is 4.51. The van der Waals surface area contributed by atoms with Gasteiger partial charge in [-0.15, -0.1) is 0 Å². The fraction of sp³-hybridized carbons (Fsp3) is 0.421. The minimum atomic E-state index is -0.248. The molecule has 1 aliphatic rings. The van der Waals surface area contributed by atoms with Gasteiger partial charge < -0.3 is 9.73 Å². The van der Waals surface area contributed by atoms with E-state index < -0.39 is 0 Å². The lowest BCUT2D eigenvalue weighted by atomic mass is 9.95. The third-order valence-corrected chi connectivity index (χ3v) is 5.37. The van der Waals surface area contributed by atoms with E-state index in [0.29, 0.717) is 5.92 Å². The first-order valence-corrected chi connectivity index (χ1v) is 9.60. The van der Waals surface area contributed by atoms with Crippen molar-refractivity contribution in [2.24, 2.45) is 0 Å². The number of fused-ring (bicyclic) bond motifs is 1. The molecule has 3 amide bonds. The van der Waals surface area contributed by atoms with Crippen LogP contribution in [-0.2, 0) is 16.0 Å². The van der Waals surface area contributed by atoms with E-state index in [2.05, 4.69) is 32.2 Å². The first kappa shape index (κ1) is 18.5. The lowest BCUT2D eigenvalue weighted by Crippen LogP contribution is -2.37. The number of hydrogen-bond acceptors (Lipinski definition) is 5. The third kappa shape index (κ3) is 3.77. The Kier molecular flexibility index (Phi) is 5.36. The monoisotopic (exact) mass is 374 g/mol. The van der Waals surface area contributed by atoms with Gasteiger partial charge in [-0.2, -0.15) is 0 Å². The zero-order chi connectivity index (χ0) is 18.8. The number of aryl methyl sites for hydroxylation is 1. The van der Waals surface area contributed by atoms with Gasteiger partial charge in [0.1, 0.15) is 5.58 Å². The highest BCUT2D eigenvalue weighted by atomic mass is 32.2. The van der Waals surface area contributed by atoms with Crippen LogP contribution in [0.5, 0.6) is 0 Å². The zero-order valence-corrected chi connectivity index (χ0v) is 15.9. The quantitative estimate of drug-likeness (QED) is 0.840. The summed E-state index contributed by atoms with van der Waals surface area (Å²) in [5.74, 6) is 0.216. The van der Waals surface area contributed by atoms with Crippen molar-refractivity contribution in [3.63, 3.8) is 0 Å². The van der Waals surface area contributed by atoms with E-state index in [1.165, 1.54) is 16.0 Å². The number of benzene rings is 1. The molecule has 1 aromatic carbocycles. The number of hydrogen-bond donors (Lipinski definition) is 1. The van der Waals surface area contributed by atoms with Crippen LogP contribution in [0.15, 0.2) is 22.8 Å². The van der Waals surface area contributed by atoms with Crippen LogP contribution in [0.4, 0.5) is 4.79 Å². The maximum absolute atomic E-state index is 12.2. The molecule has 26 heavy (non-hydrogen) atoms. The van der Waals surface area contributed by atoms with Gasteiger partial charge in [0.2, 0.25) is 11.8 Å². The Bertz CT molecular complexity index is 856. The summed E-state index contributed by atoms with van der Waals surface area (Å²) in [5, 5.41) is 3.47. The molecular formula is C19H22N2O4S. The second-order valence-electron chi connectivity index (χ2n) is 6.75. The molecule has 0 spiro atoms. The molecule has 138 valence electrons. The molecule has 1 fully saturated rings. The van der Waals surface area contributed by atoms with Gasteiger partial charge in [-0.3, -0.25) is 19.3 Å². The molecule has 1 N–H and O–H groups in total. The predicted octanol–water partition coefficient (Wildman–Crippen LogP) is 3.22. The number of nitrogens with one attached hydrogen (secondary N) is 1. The first-order chi connectivity index (χ1) is 12.4. The molecule has 2 aromatic rings. The van der Waals surface area contributed by atoms with Crippen LogP contribution in [-0.4, -0.2) is 40.8 Å². The van der Waals surface area contributed by atoms with Gasteiger partial charge in [-0.25, -0.2) is 0 Å². The lowest BCUT2D eigenvalue weighted by Gasteiger charge is -2.13. The summed E-state index contributed by atoms with van der Waals surface area (Å²) in [6, 6.07) is 4.11. The highest BCUT2D eigenvalue weighted by molar-refractivity contribution is 8.14. The molecule has 1 aromatic heterocycles. The Morgan fingerprint density at radius 2 is 2.12 bits per heavy atom. The number of carbonyl (C=O) groups excluding carboxylic acids is 3. The summed E-state index contributed by atoms with van der Waals surface area (Å²) >= 11 is 0.995. The summed E-state index contributed by atoms with van der Waals surface area (Å²) in [6.45, 7) is 6.80. The Morgan fingerprint density at radius 3 is 2.77 bits per heavy atom. The van der Waals surface area contributed by atoms with Crippen molar-refractivity contribution >= 4 is 39.8 Å². The number of thioether (sulfide) groups is 1. The molecule has 7 heteroatoms. The van der Waals surface area contributed by atoms with E-state index in [-0.39, 0.29) is 42.3 Å². The van der Waals surface area contributed by atoms with Crippen molar-refractivity contribution in [3.8, 4) is 0 Å². The van der Waals surface area contributed by atoms with Gasteiger partial charge >= 0.3 is 0 Å². The Morgan fingerprint density at radius 1 is 1.35 bits per heavy atom. The summed E-state index contributed by atoms with van der Waals surface area (Å²) in [4.78, 5) is 36.5. The molecule has 0 unspecified atom stereocenters. The number of nitrogens with zero attached hydrogens (tertiary/aromatic N) is 1. The summed E-state index contributed by atoms with van der Waals surface area (Å²) in [5.41, 5.74) is 4.03. The molecular weight excluding hydrogens is 352 g/mol. The number of furan rings is 1. The van der Waals surface area contributed by atoms with Crippen LogP contribution in [0.3, 0.4) is 0 Å². The Labute approximate surface area is 156 Å². The molecule has 0 radical (unpaired) electrons.